The molecule has 5 rings (SSSR count). The number of carbonyl (C=O) groups excluding carboxylic acids is 1. The normalized spacial score (nSPS) is 13.6. The van der Waals surface area contributed by atoms with Crippen molar-refractivity contribution in [3.63, 3.8) is 0 Å². The highest BCUT2D eigenvalue weighted by molar-refractivity contribution is 5.85. The first-order chi connectivity index (χ1) is 20.1. The smallest absolute Gasteiger partial charge is 0.220 e. The van der Waals surface area contributed by atoms with Crippen LogP contribution in [-0.2, 0) is 4.79 Å². The molecular weight excluding hydrogens is 516 g/mol. The number of likely N-dealkylation sites (N-methyl/N-ethyl adjacent to an activating group) is 1. The lowest BCUT2D eigenvalue weighted by molar-refractivity contribution is -0.121. The van der Waals surface area contributed by atoms with Crippen LogP contribution in [0.3, 0.4) is 0 Å². The van der Waals surface area contributed by atoms with Gasteiger partial charge in [-0.1, -0.05) is 23.3 Å². The van der Waals surface area contributed by atoms with Gasteiger partial charge in [-0.2, -0.15) is 0 Å². The zero-order valence-corrected chi connectivity index (χ0v) is 23.4. The van der Waals surface area contributed by atoms with Crippen molar-refractivity contribution in [2.75, 3.05) is 57.8 Å². The van der Waals surface area contributed by atoms with Gasteiger partial charge >= 0.3 is 0 Å². The molecule has 2 N–H and O–H groups in total. The summed E-state index contributed by atoms with van der Waals surface area (Å²) in [6.45, 7) is 5.67. The molecule has 1 aliphatic rings. The summed E-state index contributed by atoms with van der Waals surface area (Å²) in [5, 5.41) is 6.26. The number of hydrogen-bond donors (Lipinski definition) is 2. The van der Waals surface area contributed by atoms with Gasteiger partial charge in [0.05, 0.1) is 17.6 Å². The van der Waals surface area contributed by atoms with Crippen LogP contribution in [0.25, 0.3) is 44.0 Å². The summed E-state index contributed by atoms with van der Waals surface area (Å²) in [4.78, 5) is 27.7. The highest BCUT2D eigenvalue weighted by Gasteiger charge is 2.14. The van der Waals surface area contributed by atoms with Gasteiger partial charge in [0.2, 0.25) is 5.91 Å². The summed E-state index contributed by atoms with van der Waals surface area (Å²) < 4.78 is 5.81. The number of aromatic amines is 1. The molecule has 0 aliphatic carbocycles. The topological polar surface area (TPSA) is 122 Å². The van der Waals surface area contributed by atoms with Gasteiger partial charge in [-0.15, -0.1) is 0 Å². The van der Waals surface area contributed by atoms with Gasteiger partial charge in [-0.05, 0) is 85.1 Å². The number of hydrogen-bond acceptors (Lipinski definition) is 6. The fraction of sp³-hybridized carbons (Fsp3) is 0.355. The molecule has 1 aliphatic heterocycles. The lowest BCUT2D eigenvalue weighted by Crippen LogP contribution is -2.44. The standard InChI is InChI=1S/C31H36N8O2/c1-38-17-19-39(20-18-38)26-10-5-23(6-11-26)25-9-14-28-29(22-25)36-31(35-28)24-7-12-27(13-8-24)41-21-2-4-30(40)33-15-3-16-34-37-32/h5-14,22H,2-4,15-21H2,1H3,(H,33,40)(H,35,36). The number of carbonyl (C=O) groups is 1. The largest absolute Gasteiger partial charge is 0.494 e. The molecule has 1 saturated heterocycles. The third kappa shape index (κ3) is 7.57. The third-order valence-electron chi connectivity index (χ3n) is 7.32. The molecule has 212 valence electrons. The van der Waals surface area contributed by atoms with Gasteiger partial charge in [0.15, 0.2) is 0 Å². The van der Waals surface area contributed by atoms with Gasteiger partial charge in [-0.3, -0.25) is 4.79 Å². The Bertz CT molecular complexity index is 1490. The Kier molecular flexibility index (Phi) is 9.36. The van der Waals surface area contributed by atoms with Crippen LogP contribution in [0.2, 0.25) is 0 Å². The number of fused-ring (bicyclic) bond motifs is 1. The number of benzene rings is 3. The van der Waals surface area contributed by atoms with E-state index < -0.39 is 0 Å². The number of imidazole rings is 1. The molecule has 1 aromatic heterocycles. The van der Waals surface area contributed by atoms with Crippen LogP contribution >= 0.6 is 0 Å². The first-order valence-electron chi connectivity index (χ1n) is 14.1. The number of H-pyrrole nitrogens is 1. The number of anilines is 1. The molecule has 0 atom stereocenters. The lowest BCUT2D eigenvalue weighted by Gasteiger charge is -2.34. The second-order valence-electron chi connectivity index (χ2n) is 10.3. The van der Waals surface area contributed by atoms with Crippen molar-refractivity contribution in [3.8, 4) is 28.3 Å². The minimum Gasteiger partial charge on any atom is -0.494 e. The zero-order chi connectivity index (χ0) is 28.4. The Labute approximate surface area is 240 Å². The SMILES string of the molecule is CN1CCN(c2ccc(-c3ccc4[nH]c(-c5ccc(OCCCC(=O)NCCCN=[N+]=[N-])cc5)nc4c3)cc2)CC1. The highest BCUT2D eigenvalue weighted by Crippen LogP contribution is 2.28. The van der Waals surface area contributed by atoms with Crippen molar-refractivity contribution >= 4 is 22.6 Å². The van der Waals surface area contributed by atoms with Crippen molar-refractivity contribution in [1.29, 1.82) is 0 Å². The number of amides is 1. The Hall–Kier alpha value is -4.53. The first kappa shape index (κ1) is 28.0. The minimum atomic E-state index is -0.0272. The number of piperazine rings is 1. The van der Waals surface area contributed by atoms with Crippen LogP contribution in [0, 0.1) is 0 Å². The third-order valence-corrected chi connectivity index (χ3v) is 7.32. The average Bonchev–Trinajstić information content (AvgIpc) is 3.44. The summed E-state index contributed by atoms with van der Waals surface area (Å²) >= 11 is 0. The van der Waals surface area contributed by atoms with E-state index in [4.69, 9.17) is 15.3 Å². The molecule has 10 nitrogen and oxygen atoms in total. The molecule has 1 amide bonds. The van der Waals surface area contributed by atoms with Crippen LogP contribution in [0.5, 0.6) is 5.75 Å². The van der Waals surface area contributed by atoms with Crippen molar-refractivity contribution < 1.29 is 9.53 Å². The highest BCUT2D eigenvalue weighted by atomic mass is 16.5. The molecule has 2 heterocycles. The van der Waals surface area contributed by atoms with Crippen LogP contribution in [0.15, 0.2) is 71.8 Å². The van der Waals surface area contributed by atoms with E-state index >= 15 is 0 Å². The molecule has 4 aromatic rings. The number of ether oxygens (including phenoxy) is 1. The molecule has 0 radical (unpaired) electrons. The fourth-order valence-corrected chi connectivity index (χ4v) is 4.89. The molecule has 0 bridgehead atoms. The van der Waals surface area contributed by atoms with E-state index in [1.54, 1.807) is 0 Å². The molecule has 10 heteroatoms. The van der Waals surface area contributed by atoms with Crippen LogP contribution in [0.4, 0.5) is 5.69 Å². The van der Waals surface area contributed by atoms with E-state index in [-0.39, 0.29) is 5.91 Å². The van der Waals surface area contributed by atoms with Crippen LogP contribution in [0.1, 0.15) is 19.3 Å². The second kappa shape index (κ2) is 13.7. The van der Waals surface area contributed by atoms with Gasteiger partial charge < -0.3 is 24.8 Å². The number of aromatic nitrogens is 2. The quantitative estimate of drug-likeness (QED) is 0.102. The molecule has 3 aromatic carbocycles. The van der Waals surface area contributed by atoms with Crippen LogP contribution < -0.4 is 15.0 Å². The summed E-state index contributed by atoms with van der Waals surface area (Å²) in [5.74, 6) is 1.54. The Balaban J connectivity index is 1.13. The number of nitrogens with one attached hydrogen (secondary N) is 2. The Morgan fingerprint density at radius 3 is 2.49 bits per heavy atom. The van der Waals surface area contributed by atoms with Crippen molar-refractivity contribution in [1.82, 2.24) is 20.2 Å². The molecule has 0 unspecified atom stereocenters. The zero-order valence-electron chi connectivity index (χ0n) is 23.4. The van der Waals surface area contributed by atoms with Crippen molar-refractivity contribution in [2.45, 2.75) is 19.3 Å². The summed E-state index contributed by atoms with van der Waals surface area (Å²) in [6.07, 6.45) is 1.64. The maximum atomic E-state index is 11.9. The van der Waals surface area contributed by atoms with E-state index in [0.717, 1.165) is 59.9 Å². The minimum absolute atomic E-state index is 0.0272. The summed E-state index contributed by atoms with van der Waals surface area (Å²) in [7, 11) is 2.18. The second-order valence-corrected chi connectivity index (χ2v) is 10.3. The maximum absolute atomic E-state index is 11.9. The maximum Gasteiger partial charge on any atom is 0.220 e. The predicted octanol–water partition coefficient (Wildman–Crippen LogP) is 5.62. The number of rotatable bonds is 12. The number of azide groups is 1. The Morgan fingerprint density at radius 2 is 1.73 bits per heavy atom. The predicted molar refractivity (Wildman–Crippen MR) is 163 cm³/mol. The van der Waals surface area contributed by atoms with Gasteiger partial charge in [0.25, 0.3) is 0 Å². The van der Waals surface area contributed by atoms with E-state index in [0.29, 0.717) is 39.0 Å². The van der Waals surface area contributed by atoms with Crippen LogP contribution in [-0.4, -0.2) is 73.7 Å². The van der Waals surface area contributed by atoms with Gasteiger partial charge in [-0.25, -0.2) is 4.98 Å². The molecule has 0 spiro atoms. The monoisotopic (exact) mass is 552 g/mol. The molecular formula is C31H36N8O2. The molecule has 41 heavy (non-hydrogen) atoms. The summed E-state index contributed by atoms with van der Waals surface area (Å²) in [6, 6.07) is 23.0. The first-order valence-corrected chi connectivity index (χ1v) is 14.1. The van der Waals surface area contributed by atoms with Gasteiger partial charge in [0, 0.05) is 61.9 Å². The summed E-state index contributed by atoms with van der Waals surface area (Å²) in [5.41, 5.74) is 14.8. The molecule has 0 saturated carbocycles. The van der Waals surface area contributed by atoms with E-state index in [1.165, 1.54) is 11.3 Å². The lowest BCUT2D eigenvalue weighted by atomic mass is 10.0. The van der Waals surface area contributed by atoms with E-state index in [9.17, 15) is 4.79 Å². The average molecular weight is 553 g/mol. The number of nitrogens with zero attached hydrogens (tertiary/aromatic N) is 6. The molecule has 1 fully saturated rings. The van der Waals surface area contributed by atoms with E-state index in [2.05, 4.69) is 79.6 Å². The fourth-order valence-electron chi connectivity index (χ4n) is 4.89. The Morgan fingerprint density at radius 1 is 1.00 bits per heavy atom. The van der Waals surface area contributed by atoms with E-state index in [1.807, 2.05) is 24.3 Å². The van der Waals surface area contributed by atoms with Crippen molar-refractivity contribution in [3.05, 3.63) is 77.2 Å². The van der Waals surface area contributed by atoms with Gasteiger partial charge in [0.1, 0.15) is 11.6 Å². The van der Waals surface area contributed by atoms with Crippen molar-refractivity contribution in [2.24, 2.45) is 5.11 Å².